The van der Waals surface area contributed by atoms with Crippen molar-refractivity contribution in [2.75, 3.05) is 0 Å². The lowest BCUT2D eigenvalue weighted by atomic mass is 10.0. The molecule has 0 atom stereocenters. The monoisotopic (exact) mass is 340 g/mol. The summed E-state index contributed by atoms with van der Waals surface area (Å²) in [4.78, 5) is 0. The molecule has 0 heterocycles. The Morgan fingerprint density at radius 2 is 1.53 bits per heavy atom. The first-order valence-corrected chi connectivity index (χ1v) is 5.60. The van der Waals surface area contributed by atoms with Crippen LogP contribution in [-0.4, -0.2) is 0 Å². The van der Waals surface area contributed by atoms with Crippen LogP contribution in [0.4, 0.5) is 26.3 Å². The van der Waals surface area contributed by atoms with Crippen LogP contribution in [0.15, 0.2) is 12.1 Å². The Kier molecular flexibility index (Phi) is 4.03. The highest BCUT2D eigenvalue weighted by Gasteiger charge is 2.45. The second kappa shape index (κ2) is 4.68. The first-order chi connectivity index (χ1) is 7.59. The van der Waals surface area contributed by atoms with Crippen LogP contribution in [0, 0.1) is 0 Å². The molecule has 0 saturated heterocycles. The Morgan fingerprint density at radius 1 is 1.00 bits per heavy atom. The van der Waals surface area contributed by atoms with Crippen molar-refractivity contribution in [1.82, 2.24) is 0 Å². The van der Waals surface area contributed by atoms with Crippen molar-refractivity contribution in [2.45, 2.75) is 17.7 Å². The van der Waals surface area contributed by atoms with Gasteiger partial charge in [0.1, 0.15) is 0 Å². The van der Waals surface area contributed by atoms with Gasteiger partial charge in [0.15, 0.2) is 0 Å². The Hall–Kier alpha value is -0.430. The zero-order chi connectivity index (χ0) is 13.4. The van der Waals surface area contributed by atoms with Crippen molar-refractivity contribution in [3.63, 3.8) is 0 Å². The van der Waals surface area contributed by atoms with Gasteiger partial charge in [-0.1, -0.05) is 33.6 Å². The Balaban J connectivity index is 3.59. The Labute approximate surface area is 106 Å². The maximum Gasteiger partial charge on any atom is 0.418 e. The predicted molar refractivity (Wildman–Crippen MR) is 54.1 cm³/mol. The molecule has 0 saturated carbocycles. The lowest BCUT2D eigenvalue weighted by molar-refractivity contribution is -0.162. The van der Waals surface area contributed by atoms with E-state index in [2.05, 4.69) is 15.9 Å². The molecule has 0 fully saturated rings. The summed E-state index contributed by atoms with van der Waals surface area (Å²) in [5, 5.41) is -0.989. The summed E-state index contributed by atoms with van der Waals surface area (Å²) in [7, 11) is 0. The number of hydrogen-bond acceptors (Lipinski definition) is 0. The molecule has 1 rings (SSSR count). The summed E-state index contributed by atoms with van der Waals surface area (Å²) in [6, 6.07) is 1.29. The standard InChI is InChI=1S/C9H4BrClF6/c10-3-4-1-2-5(8(12,13)14)6(7(4)11)9(15,16)17/h1-2H,3H2. The molecule has 1 aromatic carbocycles. The van der Waals surface area contributed by atoms with Crippen molar-refractivity contribution >= 4 is 27.5 Å². The van der Waals surface area contributed by atoms with E-state index in [0.29, 0.717) is 6.07 Å². The van der Waals surface area contributed by atoms with E-state index in [0.717, 1.165) is 6.07 Å². The van der Waals surface area contributed by atoms with Crippen molar-refractivity contribution in [2.24, 2.45) is 0 Å². The highest BCUT2D eigenvalue weighted by Crippen LogP contribution is 2.45. The number of halogens is 8. The van der Waals surface area contributed by atoms with Crippen molar-refractivity contribution in [3.05, 3.63) is 33.8 Å². The molecule has 8 heteroatoms. The molecule has 17 heavy (non-hydrogen) atoms. The van der Waals surface area contributed by atoms with Gasteiger partial charge in [-0.25, -0.2) is 0 Å². The normalized spacial score (nSPS) is 12.9. The Morgan fingerprint density at radius 3 is 1.88 bits per heavy atom. The van der Waals surface area contributed by atoms with Gasteiger partial charge in [0.2, 0.25) is 0 Å². The summed E-state index contributed by atoms with van der Waals surface area (Å²) in [6.45, 7) is 0. The van der Waals surface area contributed by atoms with Gasteiger partial charge >= 0.3 is 12.4 Å². The van der Waals surface area contributed by atoms with E-state index in [9.17, 15) is 26.3 Å². The van der Waals surface area contributed by atoms with Gasteiger partial charge in [-0.05, 0) is 11.6 Å². The van der Waals surface area contributed by atoms with E-state index in [1.165, 1.54) is 0 Å². The number of hydrogen-bond donors (Lipinski definition) is 0. The molecule has 0 radical (unpaired) electrons. The fourth-order valence-electron chi connectivity index (χ4n) is 1.24. The molecule has 0 amide bonds. The van der Waals surface area contributed by atoms with Crippen molar-refractivity contribution in [3.8, 4) is 0 Å². The van der Waals surface area contributed by atoms with E-state index in [-0.39, 0.29) is 10.9 Å². The molecule has 0 spiro atoms. The van der Waals surface area contributed by atoms with E-state index in [4.69, 9.17) is 11.6 Å². The molecule has 0 aliphatic carbocycles. The molecule has 1 aromatic rings. The van der Waals surface area contributed by atoms with Crippen LogP contribution in [0.5, 0.6) is 0 Å². The zero-order valence-electron chi connectivity index (χ0n) is 7.89. The van der Waals surface area contributed by atoms with Crippen LogP contribution in [0.2, 0.25) is 5.02 Å². The quantitative estimate of drug-likeness (QED) is 0.482. The fourth-order valence-corrected chi connectivity index (χ4v) is 2.20. The number of rotatable bonds is 1. The van der Waals surface area contributed by atoms with E-state index in [1.807, 2.05) is 0 Å². The Bertz CT molecular complexity index is 423. The summed E-state index contributed by atoms with van der Waals surface area (Å²) in [6.07, 6.45) is -10.3. The first-order valence-electron chi connectivity index (χ1n) is 4.10. The van der Waals surface area contributed by atoms with Crippen LogP contribution >= 0.6 is 27.5 Å². The largest absolute Gasteiger partial charge is 0.418 e. The summed E-state index contributed by atoms with van der Waals surface area (Å²) >= 11 is 8.21. The lowest BCUT2D eigenvalue weighted by Gasteiger charge is -2.18. The maximum atomic E-state index is 12.6. The molecule has 0 bridgehead atoms. The number of alkyl halides is 7. The first kappa shape index (κ1) is 14.6. The van der Waals surface area contributed by atoms with Crippen molar-refractivity contribution < 1.29 is 26.3 Å². The molecule has 0 aromatic heterocycles. The highest BCUT2D eigenvalue weighted by atomic mass is 79.9. The maximum absolute atomic E-state index is 12.6. The molecular weight excluding hydrogens is 337 g/mol. The SMILES string of the molecule is FC(F)(F)c1ccc(CBr)c(Cl)c1C(F)(F)F. The van der Waals surface area contributed by atoms with Crippen LogP contribution in [0.25, 0.3) is 0 Å². The third-order valence-corrected chi connectivity index (χ3v) is 2.99. The van der Waals surface area contributed by atoms with Crippen molar-refractivity contribution in [1.29, 1.82) is 0 Å². The third kappa shape index (κ3) is 3.07. The molecule has 0 aliphatic rings. The minimum Gasteiger partial charge on any atom is -0.166 e. The van der Waals surface area contributed by atoms with Crippen LogP contribution < -0.4 is 0 Å². The molecule has 0 aliphatic heterocycles. The van der Waals surface area contributed by atoms with E-state index >= 15 is 0 Å². The second-order valence-corrected chi connectivity index (χ2v) is 4.03. The molecule has 96 valence electrons. The van der Waals surface area contributed by atoms with Gasteiger partial charge in [0.25, 0.3) is 0 Å². The van der Waals surface area contributed by atoms with Crippen LogP contribution in [-0.2, 0) is 17.7 Å². The highest BCUT2D eigenvalue weighted by molar-refractivity contribution is 9.08. The summed E-state index contributed by atoms with van der Waals surface area (Å²) < 4.78 is 74.9. The molecular formula is C9H4BrClF6. The van der Waals surface area contributed by atoms with Gasteiger partial charge in [-0.3, -0.25) is 0 Å². The molecule has 0 N–H and O–H groups in total. The van der Waals surface area contributed by atoms with Gasteiger partial charge < -0.3 is 0 Å². The topological polar surface area (TPSA) is 0 Å². The summed E-state index contributed by atoms with van der Waals surface area (Å²) in [5.41, 5.74) is -3.67. The van der Waals surface area contributed by atoms with E-state index < -0.39 is 28.5 Å². The predicted octanol–water partition coefficient (Wildman–Crippen LogP) is 5.27. The smallest absolute Gasteiger partial charge is 0.166 e. The van der Waals surface area contributed by atoms with Gasteiger partial charge in [0, 0.05) is 5.33 Å². The van der Waals surface area contributed by atoms with Gasteiger partial charge in [-0.15, -0.1) is 0 Å². The minimum atomic E-state index is -5.15. The second-order valence-electron chi connectivity index (χ2n) is 3.09. The van der Waals surface area contributed by atoms with Gasteiger partial charge in [0.05, 0.1) is 16.1 Å². The fraction of sp³-hybridized carbons (Fsp3) is 0.333. The minimum absolute atomic E-state index is 0.0491. The number of benzene rings is 1. The average Bonchev–Trinajstić information content (AvgIpc) is 2.13. The zero-order valence-corrected chi connectivity index (χ0v) is 10.2. The lowest BCUT2D eigenvalue weighted by Crippen LogP contribution is -2.17. The van der Waals surface area contributed by atoms with Crippen LogP contribution in [0.3, 0.4) is 0 Å². The van der Waals surface area contributed by atoms with Crippen LogP contribution in [0.1, 0.15) is 16.7 Å². The average molecular weight is 341 g/mol. The molecule has 0 unspecified atom stereocenters. The third-order valence-electron chi connectivity index (χ3n) is 1.95. The van der Waals surface area contributed by atoms with Gasteiger partial charge in [-0.2, -0.15) is 26.3 Å². The van der Waals surface area contributed by atoms with E-state index in [1.54, 1.807) is 0 Å². The molecule has 0 nitrogen and oxygen atoms in total. The summed E-state index contributed by atoms with van der Waals surface area (Å²) in [5.74, 6) is 0.